The summed E-state index contributed by atoms with van der Waals surface area (Å²) < 4.78 is 29.9. The van der Waals surface area contributed by atoms with Gasteiger partial charge < -0.3 is 10.2 Å². The van der Waals surface area contributed by atoms with Gasteiger partial charge in [-0.1, -0.05) is 106 Å². The minimum atomic E-state index is -4.29. The third-order valence-corrected chi connectivity index (χ3v) is 9.83. The SMILES string of the molecule is CC(C)NC(=O)[C@H](Cc1ccccc1)N(Cc1cccc(Br)c1)C(=O)CN(c1cccc(Cl)c1Cl)S(=O)(=O)c1ccccc1. The Bertz CT molecular complexity index is 1710. The van der Waals surface area contributed by atoms with E-state index in [4.69, 9.17) is 23.2 Å². The molecule has 2 amide bonds. The van der Waals surface area contributed by atoms with Gasteiger partial charge in [0.1, 0.15) is 12.6 Å². The van der Waals surface area contributed by atoms with Gasteiger partial charge in [0, 0.05) is 23.5 Å². The molecule has 1 N–H and O–H groups in total. The molecule has 0 bridgehead atoms. The zero-order valence-corrected chi connectivity index (χ0v) is 28.1. The molecule has 4 aromatic carbocycles. The van der Waals surface area contributed by atoms with E-state index >= 15 is 0 Å². The number of benzene rings is 4. The quantitative estimate of drug-likeness (QED) is 0.169. The van der Waals surface area contributed by atoms with Gasteiger partial charge in [-0.2, -0.15) is 0 Å². The topological polar surface area (TPSA) is 86.8 Å². The average molecular weight is 718 g/mol. The molecule has 4 rings (SSSR count). The van der Waals surface area contributed by atoms with Gasteiger partial charge in [-0.15, -0.1) is 0 Å². The molecule has 0 aliphatic rings. The van der Waals surface area contributed by atoms with Crippen molar-refractivity contribution in [3.05, 3.63) is 129 Å². The molecule has 0 radical (unpaired) electrons. The van der Waals surface area contributed by atoms with Crippen molar-refractivity contribution in [3.63, 3.8) is 0 Å². The number of nitrogens with zero attached hydrogens (tertiary/aromatic N) is 2. The highest BCUT2D eigenvalue weighted by molar-refractivity contribution is 9.10. The van der Waals surface area contributed by atoms with Crippen LogP contribution in [0.15, 0.2) is 112 Å². The van der Waals surface area contributed by atoms with Crippen molar-refractivity contribution >= 4 is 66.7 Å². The molecule has 0 aliphatic heterocycles. The van der Waals surface area contributed by atoms with Crippen molar-refractivity contribution in [1.29, 1.82) is 0 Å². The van der Waals surface area contributed by atoms with Gasteiger partial charge in [0.15, 0.2) is 0 Å². The zero-order valence-electron chi connectivity index (χ0n) is 24.2. The third-order valence-electron chi connectivity index (χ3n) is 6.75. The van der Waals surface area contributed by atoms with Crippen LogP contribution in [0.5, 0.6) is 0 Å². The summed E-state index contributed by atoms with van der Waals surface area (Å²) in [5.74, 6) is -0.953. The number of rotatable bonds is 12. The number of carbonyl (C=O) groups excluding carboxylic acids is 2. The predicted molar refractivity (Wildman–Crippen MR) is 179 cm³/mol. The second-order valence-corrected chi connectivity index (χ2v) is 14.0. The van der Waals surface area contributed by atoms with E-state index in [0.29, 0.717) is 0 Å². The van der Waals surface area contributed by atoms with Gasteiger partial charge in [0.05, 0.1) is 20.6 Å². The van der Waals surface area contributed by atoms with Gasteiger partial charge in [0.2, 0.25) is 11.8 Å². The molecule has 4 aromatic rings. The summed E-state index contributed by atoms with van der Waals surface area (Å²) in [7, 11) is -4.29. The summed E-state index contributed by atoms with van der Waals surface area (Å²) in [5.41, 5.74) is 1.64. The Hall–Kier alpha value is -3.37. The van der Waals surface area contributed by atoms with Crippen LogP contribution in [0.4, 0.5) is 5.69 Å². The summed E-state index contributed by atoms with van der Waals surface area (Å²) in [6.45, 7) is 3.09. The maximum Gasteiger partial charge on any atom is 0.264 e. The first-order valence-electron chi connectivity index (χ1n) is 13.9. The van der Waals surface area contributed by atoms with Crippen LogP contribution < -0.4 is 9.62 Å². The highest BCUT2D eigenvalue weighted by Gasteiger charge is 2.35. The molecule has 7 nitrogen and oxygen atoms in total. The third kappa shape index (κ3) is 8.41. The van der Waals surface area contributed by atoms with E-state index in [2.05, 4.69) is 21.2 Å². The molecule has 0 fully saturated rings. The number of nitrogens with one attached hydrogen (secondary N) is 1. The van der Waals surface area contributed by atoms with E-state index in [9.17, 15) is 18.0 Å². The molecule has 0 aliphatic carbocycles. The van der Waals surface area contributed by atoms with E-state index in [1.54, 1.807) is 24.3 Å². The van der Waals surface area contributed by atoms with E-state index in [1.807, 2.05) is 68.4 Å². The van der Waals surface area contributed by atoms with E-state index < -0.39 is 28.5 Å². The molecule has 0 saturated carbocycles. The standard InChI is InChI=1S/C33H32BrCl2N3O4S/c1-23(2)37-33(41)30(20-24-11-5-3-6-12-24)38(21-25-13-9-14-26(34)19-25)31(40)22-39(29-18-10-17-28(35)32(29)36)44(42,43)27-15-7-4-8-16-27/h3-19,23,30H,20-22H2,1-2H3,(H,37,41)/t30-/m0/s1. The lowest BCUT2D eigenvalue weighted by Crippen LogP contribution is -2.54. The fourth-order valence-corrected chi connectivity index (χ4v) is 7.03. The molecule has 230 valence electrons. The van der Waals surface area contributed by atoms with Gasteiger partial charge in [0.25, 0.3) is 10.0 Å². The first-order chi connectivity index (χ1) is 21.0. The molecular weight excluding hydrogens is 685 g/mol. The first kappa shape index (κ1) is 33.5. The number of halogens is 3. The number of carbonyl (C=O) groups is 2. The Morgan fingerprint density at radius 3 is 2.09 bits per heavy atom. The zero-order chi connectivity index (χ0) is 31.9. The Balaban J connectivity index is 1.83. The first-order valence-corrected chi connectivity index (χ1v) is 16.9. The molecule has 0 unspecified atom stereocenters. The fourth-order valence-electron chi connectivity index (χ4n) is 4.68. The van der Waals surface area contributed by atoms with Gasteiger partial charge >= 0.3 is 0 Å². The summed E-state index contributed by atoms with van der Waals surface area (Å²) in [4.78, 5) is 29.6. The van der Waals surface area contributed by atoms with E-state index in [-0.39, 0.29) is 45.5 Å². The normalized spacial score (nSPS) is 12.0. The number of anilines is 1. The van der Waals surface area contributed by atoms with Gasteiger partial charge in [-0.05, 0) is 61.4 Å². The lowest BCUT2D eigenvalue weighted by Gasteiger charge is -2.34. The van der Waals surface area contributed by atoms with Crippen LogP contribution in [-0.4, -0.2) is 43.8 Å². The molecule has 0 heterocycles. The second-order valence-electron chi connectivity index (χ2n) is 10.4. The Morgan fingerprint density at radius 1 is 0.841 bits per heavy atom. The lowest BCUT2D eigenvalue weighted by molar-refractivity contribution is -0.140. The van der Waals surface area contributed by atoms with E-state index in [0.717, 1.165) is 19.9 Å². The molecule has 44 heavy (non-hydrogen) atoms. The Morgan fingerprint density at radius 2 is 1.45 bits per heavy atom. The van der Waals surface area contributed by atoms with Crippen LogP contribution in [0.2, 0.25) is 10.0 Å². The second kappa shape index (κ2) is 15.1. The van der Waals surface area contributed by atoms with Crippen LogP contribution in [-0.2, 0) is 32.6 Å². The van der Waals surface area contributed by atoms with Crippen molar-refractivity contribution in [2.75, 3.05) is 10.8 Å². The van der Waals surface area contributed by atoms with Crippen molar-refractivity contribution in [2.24, 2.45) is 0 Å². The van der Waals surface area contributed by atoms with Crippen molar-refractivity contribution in [2.45, 2.75) is 43.8 Å². The van der Waals surface area contributed by atoms with Crippen molar-refractivity contribution in [1.82, 2.24) is 10.2 Å². The summed E-state index contributed by atoms with van der Waals surface area (Å²) in [6.07, 6.45) is 0.211. The minimum absolute atomic E-state index is 0.0154. The van der Waals surface area contributed by atoms with Crippen LogP contribution in [0, 0.1) is 0 Å². The number of hydrogen-bond donors (Lipinski definition) is 1. The molecular formula is C33H32BrCl2N3O4S. The molecule has 1 atom stereocenters. The predicted octanol–water partition coefficient (Wildman–Crippen LogP) is 7.12. The van der Waals surface area contributed by atoms with Gasteiger partial charge in [-0.3, -0.25) is 13.9 Å². The average Bonchev–Trinajstić information content (AvgIpc) is 2.99. The summed E-state index contributed by atoms with van der Waals surface area (Å²) in [5, 5.41) is 3.06. The number of hydrogen-bond acceptors (Lipinski definition) is 4. The molecule has 11 heteroatoms. The van der Waals surface area contributed by atoms with Crippen LogP contribution in [0.3, 0.4) is 0 Å². The van der Waals surface area contributed by atoms with Crippen molar-refractivity contribution < 1.29 is 18.0 Å². The molecule has 0 aromatic heterocycles. The van der Waals surface area contributed by atoms with Crippen LogP contribution in [0.1, 0.15) is 25.0 Å². The fraction of sp³-hybridized carbons (Fsp3) is 0.212. The largest absolute Gasteiger partial charge is 0.352 e. The van der Waals surface area contributed by atoms with Crippen molar-refractivity contribution in [3.8, 4) is 0 Å². The van der Waals surface area contributed by atoms with Crippen LogP contribution in [0.25, 0.3) is 0 Å². The number of amides is 2. The van der Waals surface area contributed by atoms with E-state index in [1.165, 1.54) is 29.2 Å². The Kier molecular flexibility index (Phi) is 11.5. The summed E-state index contributed by atoms with van der Waals surface area (Å²) in [6, 6.07) is 28.0. The highest BCUT2D eigenvalue weighted by Crippen LogP contribution is 2.35. The molecule has 0 spiro atoms. The van der Waals surface area contributed by atoms with Gasteiger partial charge in [-0.25, -0.2) is 8.42 Å². The minimum Gasteiger partial charge on any atom is -0.352 e. The summed E-state index contributed by atoms with van der Waals surface area (Å²) >= 11 is 16.3. The molecule has 0 saturated heterocycles. The monoisotopic (exact) mass is 715 g/mol. The maximum absolute atomic E-state index is 14.5. The van der Waals surface area contributed by atoms with Crippen LogP contribution >= 0.6 is 39.1 Å². The number of sulfonamides is 1. The maximum atomic E-state index is 14.5. The smallest absolute Gasteiger partial charge is 0.264 e. The Labute approximate surface area is 277 Å². The lowest BCUT2D eigenvalue weighted by atomic mass is 10.0. The highest BCUT2D eigenvalue weighted by atomic mass is 79.9.